The number of hydrogen-bond donors (Lipinski definition) is 0. The number of nitrogens with zero attached hydrogens (tertiary/aromatic N) is 1. The van der Waals surface area contributed by atoms with Crippen LogP contribution >= 0.6 is 0 Å². The molecule has 0 aliphatic heterocycles. The summed E-state index contributed by atoms with van der Waals surface area (Å²) in [6.45, 7) is 0. The van der Waals surface area contributed by atoms with Gasteiger partial charge in [-0.3, -0.25) is 0 Å². The summed E-state index contributed by atoms with van der Waals surface area (Å²) in [5.74, 6) is -6.08. The van der Waals surface area contributed by atoms with Crippen LogP contribution in [0.1, 0.15) is 10.5 Å². The fourth-order valence-electron chi connectivity index (χ4n) is 1.77. The van der Waals surface area contributed by atoms with Gasteiger partial charge < -0.3 is 8.92 Å². The van der Waals surface area contributed by atoms with Gasteiger partial charge in [0.1, 0.15) is 5.69 Å². The van der Waals surface area contributed by atoms with E-state index in [2.05, 4.69) is 13.9 Å². The number of hydrogen-bond acceptors (Lipinski definition) is 6. The Kier molecular flexibility index (Phi) is 5.16. The van der Waals surface area contributed by atoms with Crippen molar-refractivity contribution < 1.29 is 44.1 Å². The molecule has 0 aliphatic carbocycles. The van der Waals surface area contributed by atoms with E-state index in [1.165, 1.54) is 12.1 Å². The van der Waals surface area contributed by atoms with Crippen LogP contribution in [0, 0.1) is 11.6 Å². The Morgan fingerprint density at radius 3 is 2.35 bits per heavy atom. The second kappa shape index (κ2) is 6.86. The van der Waals surface area contributed by atoms with Crippen molar-refractivity contribution in [1.82, 2.24) is 4.98 Å². The number of carbonyl (C=O) groups excluding carboxylic acids is 1. The molecular weight excluding hydrogens is 389 g/mol. The van der Waals surface area contributed by atoms with Crippen molar-refractivity contribution in [2.45, 2.75) is 5.51 Å². The molecule has 0 atom stereocenters. The second-order valence-electron chi connectivity index (χ2n) is 4.62. The average Bonchev–Trinajstić information content (AvgIpc) is 2.57. The van der Waals surface area contributed by atoms with Crippen LogP contribution in [-0.4, -0.2) is 32.0 Å². The maximum atomic E-state index is 14.4. The van der Waals surface area contributed by atoms with Crippen molar-refractivity contribution in [3.63, 3.8) is 0 Å². The molecule has 1 aromatic carbocycles. The highest BCUT2D eigenvalue weighted by atomic mass is 32.2. The molecule has 0 saturated carbocycles. The summed E-state index contributed by atoms with van der Waals surface area (Å²) in [4.78, 5) is 15.2. The van der Waals surface area contributed by atoms with E-state index in [1.807, 2.05) is 0 Å². The van der Waals surface area contributed by atoms with Crippen LogP contribution < -0.4 is 4.18 Å². The van der Waals surface area contributed by atoms with Crippen molar-refractivity contribution in [3.8, 4) is 17.0 Å². The lowest BCUT2D eigenvalue weighted by molar-refractivity contribution is -0.0501. The number of ether oxygens (including phenoxy) is 1. The van der Waals surface area contributed by atoms with E-state index < -0.39 is 44.5 Å². The first kappa shape index (κ1) is 19.6. The Balaban J connectivity index is 2.56. The van der Waals surface area contributed by atoms with Crippen LogP contribution in [0.5, 0.6) is 5.75 Å². The van der Waals surface area contributed by atoms with Crippen molar-refractivity contribution >= 4 is 16.1 Å². The van der Waals surface area contributed by atoms with Gasteiger partial charge in [-0.25, -0.2) is 18.6 Å². The highest BCUT2D eigenvalue weighted by Crippen LogP contribution is 2.34. The second-order valence-corrected chi connectivity index (χ2v) is 6.16. The van der Waals surface area contributed by atoms with Gasteiger partial charge in [-0.15, -0.1) is 0 Å². The van der Waals surface area contributed by atoms with Crippen LogP contribution in [0.3, 0.4) is 0 Å². The highest BCUT2D eigenvalue weighted by molar-refractivity contribution is 7.88. The Labute approximate surface area is 143 Å². The van der Waals surface area contributed by atoms with Gasteiger partial charge in [0.25, 0.3) is 0 Å². The molecule has 0 saturated heterocycles. The molecule has 6 nitrogen and oxygen atoms in total. The first-order valence-electron chi connectivity index (χ1n) is 6.52. The van der Waals surface area contributed by atoms with Crippen molar-refractivity contribution in [2.24, 2.45) is 0 Å². The SMILES string of the molecule is COC(=O)c1cccc(-c2ccc(F)c(OS(=O)(=O)C(F)(F)F)c2F)n1. The highest BCUT2D eigenvalue weighted by Gasteiger charge is 2.49. The third-order valence-electron chi connectivity index (χ3n) is 2.95. The van der Waals surface area contributed by atoms with E-state index in [0.717, 1.165) is 19.2 Å². The van der Waals surface area contributed by atoms with E-state index in [9.17, 15) is 35.2 Å². The van der Waals surface area contributed by atoms with Crippen LogP contribution in [0.15, 0.2) is 30.3 Å². The molecule has 0 fully saturated rings. The summed E-state index contributed by atoms with van der Waals surface area (Å²) >= 11 is 0. The molecule has 0 amide bonds. The number of carbonyl (C=O) groups is 1. The van der Waals surface area contributed by atoms with Crippen molar-refractivity contribution in [3.05, 3.63) is 47.7 Å². The van der Waals surface area contributed by atoms with Gasteiger partial charge in [-0.2, -0.15) is 21.6 Å². The van der Waals surface area contributed by atoms with E-state index in [-0.39, 0.29) is 11.4 Å². The summed E-state index contributed by atoms with van der Waals surface area (Å²) < 4.78 is 95.1. The topological polar surface area (TPSA) is 82.6 Å². The Morgan fingerprint density at radius 1 is 1.12 bits per heavy atom. The number of rotatable bonds is 4. The van der Waals surface area contributed by atoms with Gasteiger partial charge in [0.05, 0.1) is 12.8 Å². The number of pyridine rings is 1. The van der Waals surface area contributed by atoms with Gasteiger partial charge in [-0.05, 0) is 24.3 Å². The fraction of sp³-hybridized carbons (Fsp3) is 0.143. The molecule has 0 aliphatic rings. The maximum absolute atomic E-state index is 14.4. The zero-order chi connectivity index (χ0) is 19.7. The molecule has 1 heterocycles. The molecule has 12 heteroatoms. The van der Waals surface area contributed by atoms with Gasteiger partial charge >= 0.3 is 21.6 Å². The lowest BCUT2D eigenvalue weighted by atomic mass is 10.1. The maximum Gasteiger partial charge on any atom is 0.534 e. The molecule has 0 N–H and O–H groups in total. The minimum absolute atomic E-state index is 0.265. The predicted octanol–water partition coefficient (Wildman–Crippen LogP) is 3.04. The van der Waals surface area contributed by atoms with Crippen LogP contribution in [0.4, 0.5) is 22.0 Å². The lowest BCUT2D eigenvalue weighted by Crippen LogP contribution is -2.28. The first-order chi connectivity index (χ1) is 12.0. The molecule has 1 aromatic heterocycles. The molecule has 0 radical (unpaired) electrons. The molecule has 140 valence electrons. The van der Waals surface area contributed by atoms with E-state index in [0.29, 0.717) is 6.07 Å². The minimum atomic E-state index is -6.29. The molecule has 26 heavy (non-hydrogen) atoms. The number of alkyl halides is 3. The lowest BCUT2D eigenvalue weighted by Gasteiger charge is -2.12. The standard InChI is InChI=1S/C14H8F5NO5S/c1-24-13(21)10-4-2-3-9(20-10)7-5-6-8(15)12(11(7)16)25-26(22,23)14(17,18)19/h2-6H,1H3. The molecule has 0 spiro atoms. The molecule has 2 rings (SSSR count). The minimum Gasteiger partial charge on any atom is -0.464 e. The van der Waals surface area contributed by atoms with Gasteiger partial charge in [0.15, 0.2) is 11.6 Å². The summed E-state index contributed by atoms with van der Waals surface area (Å²) in [7, 11) is -5.24. The van der Waals surface area contributed by atoms with Gasteiger partial charge in [0.2, 0.25) is 5.75 Å². The average molecular weight is 397 g/mol. The van der Waals surface area contributed by atoms with E-state index >= 15 is 0 Å². The van der Waals surface area contributed by atoms with Crippen LogP contribution in [0.25, 0.3) is 11.3 Å². The van der Waals surface area contributed by atoms with Gasteiger partial charge in [-0.1, -0.05) is 6.07 Å². The molecular formula is C14H8F5NO5S. The van der Waals surface area contributed by atoms with E-state index in [1.54, 1.807) is 0 Å². The Bertz CT molecular complexity index is 959. The first-order valence-corrected chi connectivity index (χ1v) is 7.93. The Morgan fingerprint density at radius 2 is 1.77 bits per heavy atom. The number of methoxy groups -OCH3 is 1. The zero-order valence-electron chi connectivity index (χ0n) is 12.7. The van der Waals surface area contributed by atoms with Crippen molar-refractivity contribution in [2.75, 3.05) is 7.11 Å². The summed E-state index contributed by atoms with van der Waals surface area (Å²) in [6.07, 6.45) is 0. The fourth-order valence-corrected chi connectivity index (χ4v) is 2.23. The monoisotopic (exact) mass is 397 g/mol. The quantitative estimate of drug-likeness (QED) is 0.341. The molecule has 0 bridgehead atoms. The number of esters is 1. The smallest absolute Gasteiger partial charge is 0.464 e. The van der Waals surface area contributed by atoms with Crippen LogP contribution in [0.2, 0.25) is 0 Å². The third kappa shape index (κ3) is 3.74. The Hall–Kier alpha value is -2.76. The summed E-state index contributed by atoms with van der Waals surface area (Å²) in [5.41, 5.74) is -7.03. The number of benzene rings is 1. The summed E-state index contributed by atoms with van der Waals surface area (Å²) in [6, 6.07) is 4.91. The number of halogens is 5. The largest absolute Gasteiger partial charge is 0.534 e. The van der Waals surface area contributed by atoms with Crippen molar-refractivity contribution in [1.29, 1.82) is 0 Å². The normalized spacial score (nSPS) is 11.9. The van der Waals surface area contributed by atoms with Crippen LogP contribution in [-0.2, 0) is 14.9 Å². The molecule has 2 aromatic rings. The predicted molar refractivity (Wildman–Crippen MR) is 76.5 cm³/mol. The van der Waals surface area contributed by atoms with E-state index in [4.69, 9.17) is 0 Å². The third-order valence-corrected chi connectivity index (χ3v) is 3.90. The molecule has 0 unspecified atom stereocenters. The summed E-state index contributed by atoms with van der Waals surface area (Å²) in [5, 5.41) is 0. The number of aromatic nitrogens is 1. The zero-order valence-corrected chi connectivity index (χ0v) is 13.5. The van der Waals surface area contributed by atoms with Gasteiger partial charge in [0, 0.05) is 5.56 Å².